The molecule has 82 valence electrons. The predicted molar refractivity (Wildman–Crippen MR) is 58.6 cm³/mol. The maximum atomic E-state index is 11.6. The highest BCUT2D eigenvalue weighted by Gasteiger charge is 2.35. The molecule has 0 saturated heterocycles. The normalized spacial score (nSPS) is 16.1. The lowest BCUT2D eigenvalue weighted by Gasteiger charge is -2.07. The van der Waals surface area contributed by atoms with Crippen LogP contribution in [0.5, 0.6) is 5.75 Å². The Hall–Kier alpha value is -1.23. The average Bonchev–Trinajstić information content (AvgIpc) is 3.01. The van der Waals surface area contributed by atoms with Gasteiger partial charge in [0, 0.05) is 5.69 Å². The first kappa shape index (κ1) is 10.3. The van der Waals surface area contributed by atoms with Crippen molar-refractivity contribution in [1.29, 1.82) is 0 Å². The summed E-state index contributed by atoms with van der Waals surface area (Å²) in [6, 6.07) is 6.84. The highest BCUT2D eigenvalue weighted by molar-refractivity contribution is 7.93. The number of rotatable bonds is 4. The van der Waals surface area contributed by atoms with E-state index in [2.05, 4.69) is 4.72 Å². The molecule has 1 aliphatic carbocycles. The van der Waals surface area contributed by atoms with Crippen LogP contribution in [0.25, 0.3) is 0 Å². The van der Waals surface area contributed by atoms with Crippen LogP contribution in [0.4, 0.5) is 5.69 Å². The van der Waals surface area contributed by atoms with Crippen LogP contribution in [0.2, 0.25) is 0 Å². The van der Waals surface area contributed by atoms with Crippen molar-refractivity contribution < 1.29 is 13.2 Å². The summed E-state index contributed by atoms with van der Waals surface area (Å²) in [6.45, 7) is 0. The molecule has 1 N–H and O–H groups in total. The quantitative estimate of drug-likeness (QED) is 0.850. The van der Waals surface area contributed by atoms with E-state index in [0.29, 0.717) is 11.4 Å². The van der Waals surface area contributed by atoms with Gasteiger partial charge in [-0.05, 0) is 37.1 Å². The number of hydrogen-bond acceptors (Lipinski definition) is 3. The van der Waals surface area contributed by atoms with E-state index >= 15 is 0 Å². The Morgan fingerprint density at radius 1 is 1.27 bits per heavy atom. The molecule has 1 aromatic rings. The summed E-state index contributed by atoms with van der Waals surface area (Å²) >= 11 is 0. The first-order valence-electron chi connectivity index (χ1n) is 4.77. The van der Waals surface area contributed by atoms with Gasteiger partial charge in [0.25, 0.3) is 0 Å². The predicted octanol–water partition coefficient (Wildman–Crippen LogP) is 1.60. The molecule has 5 heteroatoms. The van der Waals surface area contributed by atoms with E-state index in [-0.39, 0.29) is 5.25 Å². The molecule has 1 aromatic carbocycles. The molecule has 1 fully saturated rings. The fraction of sp³-hybridized carbons (Fsp3) is 0.400. The molecule has 0 aromatic heterocycles. The van der Waals surface area contributed by atoms with E-state index in [9.17, 15) is 8.42 Å². The van der Waals surface area contributed by atoms with Gasteiger partial charge in [0.05, 0.1) is 12.4 Å². The molecule has 0 spiro atoms. The molecule has 0 bridgehead atoms. The second-order valence-corrected chi connectivity index (χ2v) is 5.54. The summed E-state index contributed by atoms with van der Waals surface area (Å²) < 4.78 is 30.7. The fourth-order valence-electron chi connectivity index (χ4n) is 1.29. The molecule has 4 nitrogen and oxygen atoms in total. The first-order valence-corrected chi connectivity index (χ1v) is 6.32. The second-order valence-electron chi connectivity index (χ2n) is 3.57. The van der Waals surface area contributed by atoms with Crippen LogP contribution in [-0.4, -0.2) is 20.8 Å². The number of methoxy groups -OCH3 is 1. The molecule has 0 amide bonds. The molecule has 0 unspecified atom stereocenters. The monoisotopic (exact) mass is 227 g/mol. The lowest BCUT2D eigenvalue weighted by Crippen LogP contribution is -2.17. The largest absolute Gasteiger partial charge is 0.497 e. The van der Waals surface area contributed by atoms with E-state index in [1.54, 1.807) is 31.4 Å². The Labute approximate surface area is 89.3 Å². The number of benzene rings is 1. The lowest BCUT2D eigenvalue weighted by atomic mass is 10.3. The van der Waals surface area contributed by atoms with Gasteiger partial charge in [0.2, 0.25) is 10.0 Å². The van der Waals surface area contributed by atoms with Gasteiger partial charge in [-0.25, -0.2) is 8.42 Å². The van der Waals surface area contributed by atoms with Crippen molar-refractivity contribution in [3.05, 3.63) is 24.3 Å². The summed E-state index contributed by atoms with van der Waals surface area (Å²) in [5.41, 5.74) is 0.586. The van der Waals surface area contributed by atoms with E-state index in [1.165, 1.54) is 0 Å². The van der Waals surface area contributed by atoms with Gasteiger partial charge in [-0.15, -0.1) is 0 Å². The summed E-state index contributed by atoms with van der Waals surface area (Å²) in [6.07, 6.45) is 1.54. The summed E-state index contributed by atoms with van der Waals surface area (Å²) in [5.74, 6) is 0.712. The van der Waals surface area contributed by atoms with Crippen molar-refractivity contribution in [3.8, 4) is 5.75 Å². The minimum absolute atomic E-state index is 0.195. The highest BCUT2D eigenvalue weighted by atomic mass is 32.2. The van der Waals surface area contributed by atoms with Crippen molar-refractivity contribution in [1.82, 2.24) is 0 Å². The Kier molecular flexibility index (Phi) is 2.56. The van der Waals surface area contributed by atoms with Crippen LogP contribution in [-0.2, 0) is 10.0 Å². The number of nitrogens with one attached hydrogen (secondary N) is 1. The van der Waals surface area contributed by atoms with E-state index in [4.69, 9.17) is 4.74 Å². The third-order valence-electron chi connectivity index (χ3n) is 2.31. The van der Waals surface area contributed by atoms with E-state index in [0.717, 1.165) is 12.8 Å². The summed E-state index contributed by atoms with van der Waals surface area (Å²) in [5, 5.41) is -0.195. The van der Waals surface area contributed by atoms with Crippen molar-refractivity contribution in [2.45, 2.75) is 18.1 Å². The molecular weight excluding hydrogens is 214 g/mol. The maximum absolute atomic E-state index is 11.6. The molecule has 1 saturated carbocycles. The van der Waals surface area contributed by atoms with Gasteiger partial charge >= 0.3 is 0 Å². The van der Waals surface area contributed by atoms with Crippen molar-refractivity contribution >= 4 is 15.7 Å². The molecule has 0 heterocycles. The molecule has 15 heavy (non-hydrogen) atoms. The second kappa shape index (κ2) is 3.73. The standard InChI is InChI=1S/C10H13NO3S/c1-14-9-4-2-8(3-5-9)11-15(12,13)10-6-7-10/h2-5,10-11H,6-7H2,1H3. The van der Waals surface area contributed by atoms with E-state index in [1.807, 2.05) is 0 Å². The first-order chi connectivity index (χ1) is 7.12. The Bertz CT molecular complexity index is 434. The smallest absolute Gasteiger partial charge is 0.235 e. The van der Waals surface area contributed by atoms with Gasteiger partial charge in [0.1, 0.15) is 5.75 Å². The Morgan fingerprint density at radius 2 is 1.87 bits per heavy atom. The van der Waals surface area contributed by atoms with Crippen molar-refractivity contribution in [2.75, 3.05) is 11.8 Å². The van der Waals surface area contributed by atoms with Crippen LogP contribution in [0.3, 0.4) is 0 Å². The molecule has 0 atom stereocenters. The minimum atomic E-state index is -3.15. The third-order valence-corrected chi connectivity index (χ3v) is 4.18. The minimum Gasteiger partial charge on any atom is -0.497 e. The lowest BCUT2D eigenvalue weighted by molar-refractivity contribution is 0.415. The Balaban J connectivity index is 2.10. The van der Waals surface area contributed by atoms with E-state index < -0.39 is 10.0 Å². The Morgan fingerprint density at radius 3 is 2.33 bits per heavy atom. The van der Waals surface area contributed by atoms with Crippen LogP contribution in [0, 0.1) is 0 Å². The van der Waals surface area contributed by atoms with Gasteiger partial charge in [0.15, 0.2) is 0 Å². The topological polar surface area (TPSA) is 55.4 Å². The van der Waals surface area contributed by atoms with Crippen LogP contribution < -0.4 is 9.46 Å². The van der Waals surface area contributed by atoms with Crippen LogP contribution in [0.1, 0.15) is 12.8 Å². The zero-order valence-corrected chi connectivity index (χ0v) is 9.25. The SMILES string of the molecule is COc1ccc(NS(=O)(=O)C2CC2)cc1. The zero-order valence-electron chi connectivity index (χ0n) is 8.43. The fourth-order valence-corrected chi connectivity index (χ4v) is 2.67. The molecule has 0 aliphatic heterocycles. The average molecular weight is 227 g/mol. The van der Waals surface area contributed by atoms with Crippen LogP contribution in [0.15, 0.2) is 24.3 Å². The molecular formula is C10H13NO3S. The van der Waals surface area contributed by atoms with Gasteiger partial charge in [-0.3, -0.25) is 4.72 Å². The maximum Gasteiger partial charge on any atom is 0.235 e. The van der Waals surface area contributed by atoms with Crippen molar-refractivity contribution in [3.63, 3.8) is 0 Å². The summed E-state index contributed by atoms with van der Waals surface area (Å²) in [7, 11) is -1.58. The number of ether oxygens (including phenoxy) is 1. The molecule has 1 aliphatic rings. The van der Waals surface area contributed by atoms with Crippen molar-refractivity contribution in [2.24, 2.45) is 0 Å². The van der Waals surface area contributed by atoms with Crippen LogP contribution >= 0.6 is 0 Å². The summed E-state index contributed by atoms with van der Waals surface area (Å²) in [4.78, 5) is 0. The highest BCUT2D eigenvalue weighted by Crippen LogP contribution is 2.29. The zero-order chi connectivity index (χ0) is 10.9. The number of hydrogen-bond donors (Lipinski definition) is 1. The van der Waals surface area contributed by atoms with Gasteiger partial charge < -0.3 is 4.74 Å². The molecule has 2 rings (SSSR count). The molecule has 0 radical (unpaired) electrons. The number of anilines is 1. The third kappa shape index (κ3) is 2.41. The number of sulfonamides is 1. The van der Waals surface area contributed by atoms with Gasteiger partial charge in [-0.1, -0.05) is 0 Å². The van der Waals surface area contributed by atoms with Gasteiger partial charge in [-0.2, -0.15) is 0 Å².